The van der Waals surface area contributed by atoms with E-state index in [1.165, 1.54) is 0 Å². The molecule has 3 aromatic rings. The van der Waals surface area contributed by atoms with Crippen LogP contribution in [0.3, 0.4) is 0 Å². The van der Waals surface area contributed by atoms with E-state index in [4.69, 9.17) is 26.5 Å². The number of aliphatic hydroxyl groups is 1. The Hall–Kier alpha value is -3.16. The second kappa shape index (κ2) is 8.69. The van der Waals surface area contributed by atoms with Gasteiger partial charge in [0.15, 0.2) is 5.11 Å². The van der Waals surface area contributed by atoms with Crippen LogP contribution < -0.4 is 15.4 Å². The molecular formula is C21H20N2O4S. The number of rotatable bonds is 5. The fourth-order valence-corrected chi connectivity index (χ4v) is 2.93. The second-order valence-electron chi connectivity index (χ2n) is 6.06. The van der Waals surface area contributed by atoms with E-state index >= 15 is 0 Å². The number of thiocarbonyl (C=S) groups is 1. The lowest BCUT2D eigenvalue weighted by atomic mass is 10.1. The first-order chi connectivity index (χ1) is 13.5. The quantitative estimate of drug-likeness (QED) is 0.568. The zero-order valence-corrected chi connectivity index (χ0v) is 16.3. The summed E-state index contributed by atoms with van der Waals surface area (Å²) in [7, 11) is 1.55. The second-order valence-corrected chi connectivity index (χ2v) is 6.47. The number of ether oxygens (including phenoxy) is 1. The molecule has 0 aliphatic rings. The van der Waals surface area contributed by atoms with Crippen molar-refractivity contribution in [3.05, 3.63) is 71.5 Å². The highest BCUT2D eigenvalue weighted by molar-refractivity contribution is 7.80. The third-order valence-electron chi connectivity index (χ3n) is 4.17. The monoisotopic (exact) mass is 396 g/mol. The number of aryl methyl sites for hydroxylation is 1. The summed E-state index contributed by atoms with van der Waals surface area (Å²) in [6.45, 7) is 1.69. The lowest BCUT2D eigenvalue weighted by Crippen LogP contribution is -2.34. The van der Waals surface area contributed by atoms with Crippen LogP contribution in [-0.4, -0.2) is 23.2 Å². The zero-order chi connectivity index (χ0) is 20.1. The number of nitrogens with one attached hydrogen (secondary N) is 2. The van der Waals surface area contributed by atoms with Crippen LogP contribution in [0, 0.1) is 6.92 Å². The average Bonchev–Trinajstić information content (AvgIpc) is 3.17. The van der Waals surface area contributed by atoms with Crippen molar-refractivity contribution < 1.29 is 19.1 Å². The predicted molar refractivity (Wildman–Crippen MR) is 111 cm³/mol. The van der Waals surface area contributed by atoms with Crippen LogP contribution in [-0.2, 0) is 6.61 Å². The van der Waals surface area contributed by atoms with Gasteiger partial charge in [0.2, 0.25) is 0 Å². The maximum atomic E-state index is 12.4. The molecule has 144 valence electrons. The number of methoxy groups -OCH3 is 1. The predicted octanol–water partition coefficient (Wildman–Crippen LogP) is 3.88. The summed E-state index contributed by atoms with van der Waals surface area (Å²) < 4.78 is 10.9. The topological polar surface area (TPSA) is 83.7 Å². The Bertz CT molecular complexity index is 1010. The van der Waals surface area contributed by atoms with E-state index in [-0.39, 0.29) is 17.6 Å². The fraction of sp³-hybridized carbons (Fsp3) is 0.143. The van der Waals surface area contributed by atoms with E-state index in [9.17, 15) is 4.79 Å². The van der Waals surface area contributed by atoms with Crippen molar-refractivity contribution in [1.29, 1.82) is 0 Å². The molecule has 0 atom stereocenters. The number of carbonyl (C=O) groups excluding carboxylic acids is 1. The molecule has 0 aliphatic carbocycles. The Balaban J connectivity index is 1.78. The first kappa shape index (κ1) is 19.6. The van der Waals surface area contributed by atoms with Gasteiger partial charge in [-0.2, -0.15) is 0 Å². The Morgan fingerprint density at radius 3 is 2.64 bits per heavy atom. The van der Waals surface area contributed by atoms with Crippen LogP contribution in [0.1, 0.15) is 21.7 Å². The van der Waals surface area contributed by atoms with Crippen LogP contribution in [0.4, 0.5) is 5.69 Å². The highest BCUT2D eigenvalue weighted by Crippen LogP contribution is 2.31. The van der Waals surface area contributed by atoms with Crippen LogP contribution in [0.25, 0.3) is 11.3 Å². The first-order valence-corrected chi connectivity index (χ1v) is 8.98. The molecule has 0 saturated carbocycles. The first-order valence-electron chi connectivity index (χ1n) is 8.57. The van der Waals surface area contributed by atoms with Crippen molar-refractivity contribution in [3.8, 4) is 17.1 Å². The van der Waals surface area contributed by atoms with Gasteiger partial charge in [-0.1, -0.05) is 18.2 Å². The van der Waals surface area contributed by atoms with E-state index < -0.39 is 0 Å². The molecule has 0 fully saturated rings. The third-order valence-corrected chi connectivity index (χ3v) is 4.37. The molecule has 0 aliphatic heterocycles. The van der Waals surface area contributed by atoms with Crippen LogP contribution in [0.15, 0.2) is 59.0 Å². The molecule has 0 radical (unpaired) electrons. The van der Waals surface area contributed by atoms with Crippen molar-refractivity contribution in [2.24, 2.45) is 0 Å². The number of carbonyl (C=O) groups is 1. The molecule has 6 nitrogen and oxygen atoms in total. The summed E-state index contributed by atoms with van der Waals surface area (Å²) in [5, 5.41) is 15.0. The SMILES string of the molecule is COc1ccc(-c2ccc(CO)o2)cc1NC(=S)NC(=O)c1ccccc1C. The highest BCUT2D eigenvalue weighted by atomic mass is 32.1. The molecule has 0 bridgehead atoms. The molecule has 0 spiro atoms. The van der Waals surface area contributed by atoms with Crippen molar-refractivity contribution in [2.75, 3.05) is 12.4 Å². The molecule has 1 amide bonds. The summed E-state index contributed by atoms with van der Waals surface area (Å²) in [6, 6.07) is 16.2. The minimum atomic E-state index is -0.288. The molecule has 0 unspecified atom stereocenters. The standard InChI is InChI=1S/C21H20N2O4S/c1-13-5-3-4-6-16(13)20(25)23-21(28)22-17-11-14(7-9-19(17)26-2)18-10-8-15(12-24)27-18/h3-11,24H,12H2,1-2H3,(H2,22,23,25,28). The number of amides is 1. The molecule has 1 aromatic heterocycles. The Morgan fingerprint density at radius 2 is 1.96 bits per heavy atom. The van der Waals surface area contributed by atoms with Gasteiger partial charge >= 0.3 is 0 Å². The summed E-state index contributed by atoms with van der Waals surface area (Å²) >= 11 is 5.29. The Labute approximate surface area is 168 Å². The van der Waals surface area contributed by atoms with Crippen molar-refractivity contribution in [3.63, 3.8) is 0 Å². The van der Waals surface area contributed by atoms with Crippen LogP contribution in [0.2, 0.25) is 0 Å². The summed E-state index contributed by atoms with van der Waals surface area (Å²) in [5.41, 5.74) is 2.77. The largest absolute Gasteiger partial charge is 0.495 e. The summed E-state index contributed by atoms with van der Waals surface area (Å²) in [5.74, 6) is 1.35. The molecule has 7 heteroatoms. The Morgan fingerprint density at radius 1 is 1.18 bits per heavy atom. The summed E-state index contributed by atoms with van der Waals surface area (Å²) in [6.07, 6.45) is 0. The lowest BCUT2D eigenvalue weighted by Gasteiger charge is -2.14. The van der Waals surface area contributed by atoms with Gasteiger partial charge in [-0.3, -0.25) is 10.1 Å². The van der Waals surface area contributed by atoms with E-state index in [0.717, 1.165) is 11.1 Å². The molecular weight excluding hydrogens is 376 g/mol. The van der Waals surface area contributed by atoms with Gasteiger partial charge in [-0.25, -0.2) is 0 Å². The lowest BCUT2D eigenvalue weighted by molar-refractivity contribution is 0.0977. The minimum absolute atomic E-state index is 0.152. The van der Waals surface area contributed by atoms with Crippen LogP contribution >= 0.6 is 12.2 Å². The van der Waals surface area contributed by atoms with Gasteiger partial charge in [0.1, 0.15) is 23.9 Å². The van der Waals surface area contributed by atoms with E-state index in [1.807, 2.05) is 25.1 Å². The fourth-order valence-electron chi connectivity index (χ4n) is 2.73. The van der Waals surface area contributed by atoms with E-state index in [2.05, 4.69) is 10.6 Å². The highest BCUT2D eigenvalue weighted by Gasteiger charge is 2.13. The third kappa shape index (κ3) is 4.39. The molecule has 3 rings (SSSR count). The normalized spacial score (nSPS) is 10.4. The maximum Gasteiger partial charge on any atom is 0.257 e. The number of benzene rings is 2. The van der Waals surface area contributed by atoms with Gasteiger partial charge < -0.3 is 19.6 Å². The smallest absolute Gasteiger partial charge is 0.257 e. The maximum absolute atomic E-state index is 12.4. The molecule has 1 heterocycles. The zero-order valence-electron chi connectivity index (χ0n) is 15.5. The molecule has 2 aromatic carbocycles. The van der Waals surface area contributed by atoms with E-state index in [1.54, 1.807) is 43.5 Å². The van der Waals surface area contributed by atoms with E-state index in [0.29, 0.717) is 28.5 Å². The molecule has 3 N–H and O–H groups in total. The van der Waals surface area contributed by atoms with Crippen molar-refractivity contribution in [1.82, 2.24) is 5.32 Å². The summed E-state index contributed by atoms with van der Waals surface area (Å²) in [4.78, 5) is 12.4. The van der Waals surface area contributed by atoms with Gasteiger partial charge in [-0.15, -0.1) is 0 Å². The molecule has 28 heavy (non-hydrogen) atoms. The van der Waals surface area contributed by atoms with Crippen molar-refractivity contribution >= 4 is 28.9 Å². The van der Waals surface area contributed by atoms with Gasteiger partial charge in [0.05, 0.1) is 12.8 Å². The van der Waals surface area contributed by atoms with Crippen molar-refractivity contribution in [2.45, 2.75) is 13.5 Å². The Kier molecular flexibility index (Phi) is 6.08. The van der Waals surface area contributed by atoms with Crippen LogP contribution in [0.5, 0.6) is 5.75 Å². The number of aliphatic hydroxyl groups excluding tert-OH is 1. The minimum Gasteiger partial charge on any atom is -0.495 e. The van der Waals surface area contributed by atoms with Gasteiger partial charge in [0.25, 0.3) is 5.91 Å². The van der Waals surface area contributed by atoms with Gasteiger partial charge in [0, 0.05) is 11.1 Å². The average molecular weight is 396 g/mol. The number of anilines is 1. The molecule has 0 saturated heterocycles. The van der Waals surface area contributed by atoms with Gasteiger partial charge in [-0.05, 0) is 61.1 Å². The number of furan rings is 1. The number of hydrogen-bond acceptors (Lipinski definition) is 5. The number of hydrogen-bond donors (Lipinski definition) is 3.